The van der Waals surface area contributed by atoms with E-state index in [2.05, 4.69) is 14.9 Å². The fraction of sp³-hybridized carbons (Fsp3) is 0.667. The molecule has 1 saturated heterocycles. The summed E-state index contributed by atoms with van der Waals surface area (Å²) in [5, 5.41) is 9.65. The number of aromatic nitrogens is 2. The normalized spacial score (nSPS) is 24.3. The highest BCUT2D eigenvalue weighted by Crippen LogP contribution is 2.39. The Morgan fingerprint density at radius 1 is 1.44 bits per heavy atom. The van der Waals surface area contributed by atoms with E-state index < -0.39 is 0 Å². The first-order valence-corrected chi connectivity index (χ1v) is 6.66. The maximum atomic E-state index is 9.15. The van der Waals surface area contributed by atoms with Gasteiger partial charge >= 0.3 is 0 Å². The van der Waals surface area contributed by atoms with Crippen molar-refractivity contribution >= 4 is 17.4 Å². The lowest BCUT2D eigenvalue weighted by Crippen LogP contribution is -2.44. The summed E-state index contributed by atoms with van der Waals surface area (Å²) in [5.41, 5.74) is 0. The quantitative estimate of drug-likeness (QED) is 0.836. The van der Waals surface area contributed by atoms with E-state index in [-0.39, 0.29) is 12.7 Å². The van der Waals surface area contributed by atoms with Crippen LogP contribution >= 0.6 is 11.6 Å². The van der Waals surface area contributed by atoms with Crippen LogP contribution in [0.1, 0.15) is 24.6 Å². The summed E-state index contributed by atoms with van der Waals surface area (Å²) in [6.45, 7) is 2.05. The van der Waals surface area contributed by atoms with Crippen LogP contribution in [0.25, 0.3) is 0 Å². The van der Waals surface area contributed by atoms with E-state index in [1.807, 2.05) is 0 Å². The molecule has 0 radical (unpaired) electrons. The molecule has 3 rings (SSSR count). The number of morpholine rings is 1. The summed E-state index contributed by atoms with van der Waals surface area (Å²) < 4.78 is 5.43. The van der Waals surface area contributed by atoms with Crippen LogP contribution in [0.3, 0.4) is 0 Å². The van der Waals surface area contributed by atoms with Crippen LogP contribution in [0.4, 0.5) is 5.82 Å². The largest absolute Gasteiger partial charge is 0.394 e. The first-order valence-electron chi connectivity index (χ1n) is 6.28. The van der Waals surface area contributed by atoms with E-state index in [9.17, 15) is 0 Å². The number of rotatable bonds is 3. The second kappa shape index (κ2) is 4.99. The maximum Gasteiger partial charge on any atom is 0.135 e. The average Bonchev–Trinajstić information content (AvgIpc) is 3.22. The lowest BCUT2D eigenvalue weighted by molar-refractivity contribution is 0.00335. The lowest BCUT2D eigenvalue weighted by atomic mass is 10.3. The van der Waals surface area contributed by atoms with Crippen LogP contribution < -0.4 is 4.90 Å². The first kappa shape index (κ1) is 12.1. The Kier molecular flexibility index (Phi) is 3.37. The van der Waals surface area contributed by atoms with Crippen molar-refractivity contribution < 1.29 is 9.84 Å². The zero-order valence-electron chi connectivity index (χ0n) is 10.0. The van der Waals surface area contributed by atoms with Crippen molar-refractivity contribution in [2.75, 3.05) is 31.2 Å². The van der Waals surface area contributed by atoms with E-state index in [1.165, 1.54) is 0 Å². The number of aliphatic hydroxyl groups excluding tert-OH is 1. The van der Waals surface area contributed by atoms with Crippen LogP contribution in [-0.4, -0.2) is 47.5 Å². The molecule has 1 atom stereocenters. The van der Waals surface area contributed by atoms with Crippen molar-refractivity contribution in [1.82, 2.24) is 9.97 Å². The van der Waals surface area contributed by atoms with Gasteiger partial charge in [-0.05, 0) is 12.8 Å². The summed E-state index contributed by atoms with van der Waals surface area (Å²) in [4.78, 5) is 11.0. The number of nitrogens with zero attached hydrogens (tertiary/aromatic N) is 3. The van der Waals surface area contributed by atoms with Gasteiger partial charge in [-0.2, -0.15) is 0 Å². The van der Waals surface area contributed by atoms with Crippen molar-refractivity contribution in [2.24, 2.45) is 0 Å². The Labute approximate surface area is 111 Å². The topological polar surface area (TPSA) is 58.5 Å². The molecule has 1 aromatic heterocycles. The fourth-order valence-electron chi connectivity index (χ4n) is 2.15. The van der Waals surface area contributed by atoms with Gasteiger partial charge in [-0.1, -0.05) is 11.6 Å². The van der Waals surface area contributed by atoms with Crippen LogP contribution in [0.2, 0.25) is 5.15 Å². The van der Waals surface area contributed by atoms with Gasteiger partial charge in [0.2, 0.25) is 0 Å². The Morgan fingerprint density at radius 2 is 2.28 bits per heavy atom. The van der Waals surface area contributed by atoms with Gasteiger partial charge in [0.05, 0.1) is 19.3 Å². The highest BCUT2D eigenvalue weighted by atomic mass is 35.5. The third-order valence-electron chi connectivity index (χ3n) is 3.31. The van der Waals surface area contributed by atoms with E-state index >= 15 is 0 Å². The molecule has 1 N–H and O–H groups in total. The second-order valence-electron chi connectivity index (χ2n) is 4.80. The molecule has 5 nitrogen and oxygen atoms in total. The summed E-state index contributed by atoms with van der Waals surface area (Å²) in [5.74, 6) is 2.18. The summed E-state index contributed by atoms with van der Waals surface area (Å²) in [6, 6.07) is 1.78. The SMILES string of the molecule is OCC1CN(c2cc(Cl)nc(C3CC3)n2)CCO1. The second-order valence-corrected chi connectivity index (χ2v) is 5.19. The molecule has 2 aliphatic rings. The highest BCUT2D eigenvalue weighted by molar-refractivity contribution is 6.29. The molecule has 0 spiro atoms. The van der Waals surface area contributed by atoms with Gasteiger partial charge in [0.25, 0.3) is 0 Å². The van der Waals surface area contributed by atoms with Crippen molar-refractivity contribution in [2.45, 2.75) is 24.9 Å². The minimum atomic E-state index is -0.142. The number of anilines is 1. The standard InChI is InChI=1S/C12H16ClN3O2/c13-10-5-11(15-12(14-10)8-1-2-8)16-3-4-18-9(6-16)7-17/h5,8-9,17H,1-4,6-7H2. The zero-order chi connectivity index (χ0) is 12.5. The minimum Gasteiger partial charge on any atom is -0.394 e. The van der Waals surface area contributed by atoms with Gasteiger partial charge in [-0.3, -0.25) is 0 Å². The molecule has 98 valence electrons. The van der Waals surface area contributed by atoms with Crippen molar-refractivity contribution in [3.8, 4) is 0 Å². The molecule has 2 fully saturated rings. The van der Waals surface area contributed by atoms with Crippen molar-refractivity contribution in [1.29, 1.82) is 0 Å². The Bertz CT molecular complexity index is 439. The summed E-state index contributed by atoms with van der Waals surface area (Å²) in [6.07, 6.45) is 2.17. The third kappa shape index (κ3) is 2.58. The molecule has 1 unspecified atom stereocenters. The van der Waals surface area contributed by atoms with Crippen molar-refractivity contribution in [3.05, 3.63) is 17.0 Å². The molecule has 18 heavy (non-hydrogen) atoms. The van der Waals surface area contributed by atoms with Gasteiger partial charge in [-0.15, -0.1) is 0 Å². The average molecular weight is 270 g/mol. The summed E-state index contributed by atoms with van der Waals surface area (Å²) in [7, 11) is 0. The molecule has 2 heterocycles. The van der Waals surface area contributed by atoms with E-state index in [1.54, 1.807) is 6.07 Å². The monoisotopic (exact) mass is 269 g/mol. The van der Waals surface area contributed by atoms with E-state index in [0.717, 1.165) is 31.0 Å². The van der Waals surface area contributed by atoms with Crippen LogP contribution in [0, 0.1) is 0 Å². The molecule has 6 heteroatoms. The van der Waals surface area contributed by atoms with Gasteiger partial charge in [0, 0.05) is 25.1 Å². The number of aliphatic hydroxyl groups is 1. The maximum absolute atomic E-state index is 9.15. The van der Waals surface area contributed by atoms with Crippen LogP contribution in [0.15, 0.2) is 6.07 Å². The molecule has 0 aromatic carbocycles. The van der Waals surface area contributed by atoms with Gasteiger partial charge in [-0.25, -0.2) is 9.97 Å². The lowest BCUT2D eigenvalue weighted by Gasteiger charge is -2.33. The van der Waals surface area contributed by atoms with Gasteiger partial charge in [0.15, 0.2) is 0 Å². The predicted molar refractivity (Wildman–Crippen MR) is 68.1 cm³/mol. The Morgan fingerprint density at radius 3 is 3.00 bits per heavy atom. The first-order chi connectivity index (χ1) is 8.76. The van der Waals surface area contributed by atoms with Crippen molar-refractivity contribution in [3.63, 3.8) is 0 Å². The Balaban J connectivity index is 1.81. The van der Waals surface area contributed by atoms with Gasteiger partial charge in [0.1, 0.15) is 16.8 Å². The molecule has 1 aromatic rings. The Hall–Kier alpha value is -0.910. The third-order valence-corrected chi connectivity index (χ3v) is 3.50. The fourth-order valence-corrected chi connectivity index (χ4v) is 2.33. The number of hydrogen-bond donors (Lipinski definition) is 1. The molecular weight excluding hydrogens is 254 g/mol. The van der Waals surface area contributed by atoms with E-state index in [4.69, 9.17) is 21.4 Å². The molecule has 1 saturated carbocycles. The molecule has 0 bridgehead atoms. The number of ether oxygens (including phenoxy) is 1. The summed E-state index contributed by atoms with van der Waals surface area (Å²) >= 11 is 6.05. The van der Waals surface area contributed by atoms with Gasteiger partial charge < -0.3 is 14.7 Å². The number of halogens is 1. The van der Waals surface area contributed by atoms with Crippen LogP contribution in [0.5, 0.6) is 0 Å². The zero-order valence-corrected chi connectivity index (χ0v) is 10.8. The van der Waals surface area contributed by atoms with Crippen LogP contribution in [-0.2, 0) is 4.74 Å². The molecule has 0 amide bonds. The smallest absolute Gasteiger partial charge is 0.135 e. The number of hydrogen-bond acceptors (Lipinski definition) is 5. The molecular formula is C12H16ClN3O2. The molecule has 1 aliphatic heterocycles. The minimum absolute atomic E-state index is 0.0325. The van der Waals surface area contributed by atoms with E-state index in [0.29, 0.717) is 24.2 Å². The highest BCUT2D eigenvalue weighted by Gasteiger charge is 2.28. The molecule has 1 aliphatic carbocycles. The predicted octanol–water partition coefficient (Wildman–Crippen LogP) is 1.20.